The van der Waals surface area contributed by atoms with Gasteiger partial charge in [0.15, 0.2) is 0 Å². The molecular formula is C22H33N3O. The molecule has 0 aliphatic heterocycles. The van der Waals surface area contributed by atoms with Gasteiger partial charge < -0.3 is 10.8 Å². The Bertz CT molecular complexity index is 747. The first kappa shape index (κ1) is 17.0. The molecule has 4 aliphatic carbocycles. The van der Waals surface area contributed by atoms with Crippen molar-refractivity contribution in [1.82, 2.24) is 9.97 Å². The lowest BCUT2D eigenvalue weighted by Crippen LogP contribution is -2.56. The Balaban J connectivity index is 1.50. The van der Waals surface area contributed by atoms with Crippen LogP contribution in [0.25, 0.3) is 0 Å². The number of aliphatic hydroxyl groups is 1. The van der Waals surface area contributed by atoms with Gasteiger partial charge in [0, 0.05) is 11.9 Å². The molecule has 0 bridgehead atoms. The van der Waals surface area contributed by atoms with E-state index in [4.69, 9.17) is 5.73 Å². The van der Waals surface area contributed by atoms with Crippen LogP contribution < -0.4 is 5.73 Å². The minimum atomic E-state index is -0.481. The number of nitrogens with zero attached hydrogens (tertiary/aromatic N) is 2. The molecule has 4 aliphatic rings. The molecule has 1 heterocycles. The van der Waals surface area contributed by atoms with Crippen molar-refractivity contribution in [3.05, 3.63) is 17.5 Å². The third-order valence-electron chi connectivity index (χ3n) is 9.61. The Morgan fingerprint density at radius 3 is 2.65 bits per heavy atom. The minimum Gasteiger partial charge on any atom is -0.390 e. The monoisotopic (exact) mass is 355 g/mol. The summed E-state index contributed by atoms with van der Waals surface area (Å²) < 4.78 is 0. The van der Waals surface area contributed by atoms with Gasteiger partial charge in [0.25, 0.3) is 0 Å². The van der Waals surface area contributed by atoms with Crippen LogP contribution in [0.1, 0.15) is 70.6 Å². The highest BCUT2D eigenvalue weighted by Gasteiger charge is 2.63. The molecule has 26 heavy (non-hydrogen) atoms. The van der Waals surface area contributed by atoms with Gasteiger partial charge in [-0.3, -0.25) is 0 Å². The fraction of sp³-hybridized carbons (Fsp3) is 0.818. The molecule has 4 heteroatoms. The molecule has 0 unspecified atom stereocenters. The highest BCUT2D eigenvalue weighted by molar-refractivity contribution is 5.30. The molecule has 7 atom stereocenters. The summed E-state index contributed by atoms with van der Waals surface area (Å²) in [6.45, 7) is 7.02. The second kappa shape index (κ2) is 5.21. The van der Waals surface area contributed by atoms with Gasteiger partial charge >= 0.3 is 0 Å². The van der Waals surface area contributed by atoms with Gasteiger partial charge in [-0.05, 0) is 98.4 Å². The fourth-order valence-electron chi connectivity index (χ4n) is 7.81. The molecule has 0 radical (unpaired) electrons. The van der Waals surface area contributed by atoms with Crippen molar-refractivity contribution < 1.29 is 5.11 Å². The molecule has 5 rings (SSSR count). The van der Waals surface area contributed by atoms with Crippen molar-refractivity contribution in [2.24, 2.45) is 34.5 Å². The standard InChI is InChI=1S/C22H33N3O/c1-20-11-13-12-24-19(23)25-18(13)10-14(20)4-5-15-16(20)6-8-21(2)17(15)7-9-22(21,3)26/h12,14-17,26H,4-11H2,1-3H3,(H2,23,24,25)/t14-,15-,16-,17-,20-,21-,22+/m0/s1. The lowest BCUT2D eigenvalue weighted by molar-refractivity contribution is -0.139. The van der Waals surface area contributed by atoms with E-state index in [1.165, 1.54) is 43.4 Å². The van der Waals surface area contributed by atoms with Gasteiger partial charge in [-0.2, -0.15) is 0 Å². The molecular weight excluding hydrogens is 322 g/mol. The largest absolute Gasteiger partial charge is 0.390 e. The van der Waals surface area contributed by atoms with E-state index in [0.29, 0.717) is 17.3 Å². The first-order chi connectivity index (χ1) is 12.2. The molecule has 0 spiro atoms. The molecule has 1 aromatic rings. The van der Waals surface area contributed by atoms with Crippen LogP contribution in [0, 0.1) is 34.5 Å². The van der Waals surface area contributed by atoms with Crippen LogP contribution in [0.15, 0.2) is 6.20 Å². The Kier molecular flexibility index (Phi) is 3.40. The van der Waals surface area contributed by atoms with E-state index in [0.717, 1.165) is 37.0 Å². The highest BCUT2D eigenvalue weighted by Crippen LogP contribution is 2.67. The fourth-order valence-corrected chi connectivity index (χ4v) is 7.81. The first-order valence-electron chi connectivity index (χ1n) is 10.6. The molecule has 0 aromatic carbocycles. The van der Waals surface area contributed by atoms with E-state index >= 15 is 0 Å². The van der Waals surface area contributed by atoms with Gasteiger partial charge in [0.2, 0.25) is 5.95 Å². The Hall–Kier alpha value is -1.16. The molecule has 0 amide bonds. The number of nitrogens with two attached hydrogens (primary N) is 1. The zero-order chi connectivity index (χ0) is 18.3. The zero-order valence-corrected chi connectivity index (χ0v) is 16.5. The number of nitrogen functional groups attached to an aromatic ring is 1. The first-order valence-corrected chi connectivity index (χ1v) is 10.6. The number of aromatic nitrogens is 2. The van der Waals surface area contributed by atoms with E-state index in [2.05, 4.69) is 30.7 Å². The quantitative estimate of drug-likeness (QED) is 0.743. The lowest BCUT2D eigenvalue weighted by atomic mass is 9.44. The summed E-state index contributed by atoms with van der Waals surface area (Å²) in [6, 6.07) is 0. The van der Waals surface area contributed by atoms with Gasteiger partial charge in [-0.15, -0.1) is 0 Å². The van der Waals surface area contributed by atoms with Gasteiger partial charge in [-0.1, -0.05) is 13.8 Å². The van der Waals surface area contributed by atoms with E-state index < -0.39 is 5.60 Å². The highest BCUT2D eigenvalue weighted by atomic mass is 16.3. The van der Waals surface area contributed by atoms with Crippen molar-refractivity contribution in [1.29, 1.82) is 0 Å². The van der Waals surface area contributed by atoms with Crippen molar-refractivity contribution in [2.45, 2.75) is 77.7 Å². The minimum absolute atomic E-state index is 0.113. The Labute approximate surface area is 157 Å². The van der Waals surface area contributed by atoms with Crippen LogP contribution in [0.5, 0.6) is 0 Å². The summed E-state index contributed by atoms with van der Waals surface area (Å²) in [6.07, 6.45) is 11.4. The molecule has 3 N–H and O–H groups in total. The van der Waals surface area contributed by atoms with E-state index in [9.17, 15) is 5.11 Å². The average molecular weight is 356 g/mol. The number of anilines is 1. The summed E-state index contributed by atoms with van der Waals surface area (Å²) >= 11 is 0. The topological polar surface area (TPSA) is 72.0 Å². The Morgan fingerprint density at radius 1 is 1.08 bits per heavy atom. The predicted molar refractivity (Wildman–Crippen MR) is 102 cm³/mol. The molecule has 0 saturated heterocycles. The molecule has 3 saturated carbocycles. The third kappa shape index (κ3) is 2.05. The summed E-state index contributed by atoms with van der Waals surface area (Å²) in [5.74, 6) is 3.39. The normalized spacial score (nSPS) is 49.7. The van der Waals surface area contributed by atoms with Gasteiger partial charge in [-0.25, -0.2) is 9.97 Å². The zero-order valence-electron chi connectivity index (χ0n) is 16.5. The summed E-state index contributed by atoms with van der Waals surface area (Å²) in [5, 5.41) is 11.1. The summed E-state index contributed by atoms with van der Waals surface area (Å²) in [4.78, 5) is 8.84. The molecule has 142 valence electrons. The lowest BCUT2D eigenvalue weighted by Gasteiger charge is -2.61. The van der Waals surface area contributed by atoms with Crippen molar-refractivity contribution in [3.8, 4) is 0 Å². The predicted octanol–water partition coefficient (Wildman–Crippen LogP) is 3.77. The second-order valence-corrected chi connectivity index (χ2v) is 10.5. The molecule has 3 fully saturated rings. The Morgan fingerprint density at radius 2 is 1.85 bits per heavy atom. The number of rotatable bonds is 0. The van der Waals surface area contributed by atoms with Crippen LogP contribution in [0.2, 0.25) is 0 Å². The van der Waals surface area contributed by atoms with Crippen molar-refractivity contribution >= 4 is 5.95 Å². The smallest absolute Gasteiger partial charge is 0.220 e. The maximum atomic E-state index is 11.1. The SMILES string of the molecule is C[C@]12Cc3cnc(N)nc3C[C@@H]1CC[C@H]1[C@@H]2CC[C@@]2(C)[C@H]1CC[C@@]2(C)O. The van der Waals surface area contributed by atoms with Crippen LogP contribution in [-0.2, 0) is 12.8 Å². The average Bonchev–Trinajstić information content (AvgIpc) is 2.83. The molecule has 4 nitrogen and oxygen atoms in total. The second-order valence-electron chi connectivity index (χ2n) is 10.5. The van der Waals surface area contributed by atoms with Crippen molar-refractivity contribution in [3.63, 3.8) is 0 Å². The van der Waals surface area contributed by atoms with Gasteiger partial charge in [0.1, 0.15) is 0 Å². The van der Waals surface area contributed by atoms with E-state index in [1.807, 2.05) is 6.20 Å². The maximum Gasteiger partial charge on any atom is 0.220 e. The van der Waals surface area contributed by atoms with Crippen LogP contribution in [-0.4, -0.2) is 20.7 Å². The van der Waals surface area contributed by atoms with Crippen LogP contribution in [0.4, 0.5) is 5.95 Å². The number of hydrogen-bond acceptors (Lipinski definition) is 4. The third-order valence-corrected chi connectivity index (χ3v) is 9.61. The van der Waals surface area contributed by atoms with E-state index in [-0.39, 0.29) is 5.41 Å². The van der Waals surface area contributed by atoms with Crippen LogP contribution >= 0.6 is 0 Å². The van der Waals surface area contributed by atoms with Gasteiger partial charge in [0.05, 0.1) is 5.60 Å². The maximum absolute atomic E-state index is 11.1. The van der Waals surface area contributed by atoms with Crippen molar-refractivity contribution in [2.75, 3.05) is 5.73 Å². The number of fused-ring (bicyclic) bond motifs is 6. The number of hydrogen-bond donors (Lipinski definition) is 2. The summed E-state index contributed by atoms with van der Waals surface area (Å²) in [7, 11) is 0. The molecule has 1 aromatic heterocycles. The van der Waals surface area contributed by atoms with E-state index in [1.54, 1.807) is 0 Å². The van der Waals surface area contributed by atoms with Crippen LogP contribution in [0.3, 0.4) is 0 Å². The summed E-state index contributed by atoms with van der Waals surface area (Å²) in [5.41, 5.74) is 8.35.